The predicted octanol–water partition coefficient (Wildman–Crippen LogP) is 0.0553. The van der Waals surface area contributed by atoms with Crippen LogP contribution in [0.1, 0.15) is 11.1 Å². The first kappa shape index (κ1) is 17.9. The van der Waals surface area contributed by atoms with Crippen molar-refractivity contribution in [3.05, 3.63) is 23.3 Å². The van der Waals surface area contributed by atoms with Crippen LogP contribution >= 0.6 is 0 Å². The molecule has 0 radical (unpaired) electrons. The molecule has 0 aliphatic carbocycles. The van der Waals surface area contributed by atoms with E-state index in [2.05, 4.69) is 4.72 Å². The first-order valence-electron chi connectivity index (χ1n) is 6.24. The summed E-state index contributed by atoms with van der Waals surface area (Å²) in [6.45, 7) is 3.14. The number of hydrogen-bond acceptors (Lipinski definition) is 5. The van der Waals surface area contributed by atoms with E-state index >= 15 is 0 Å². The molecule has 120 valence electrons. The lowest BCUT2D eigenvalue weighted by molar-refractivity contribution is 0.519. The zero-order valence-corrected chi connectivity index (χ0v) is 14.2. The third-order valence-corrected chi connectivity index (χ3v) is 6.58. The summed E-state index contributed by atoms with van der Waals surface area (Å²) in [5.74, 6) is -0.315. The molecule has 3 N–H and O–H groups in total. The first-order chi connectivity index (χ1) is 9.49. The fourth-order valence-electron chi connectivity index (χ4n) is 1.72. The summed E-state index contributed by atoms with van der Waals surface area (Å²) in [5.41, 5.74) is 7.18. The summed E-state index contributed by atoms with van der Waals surface area (Å²) in [7, 11) is -4.52. The number of nitrogens with one attached hydrogen (secondary N) is 1. The summed E-state index contributed by atoms with van der Waals surface area (Å²) in [4.78, 5) is 0.00440. The fraction of sp³-hybridized carbons (Fsp3) is 0.500. The average molecular weight is 335 g/mol. The van der Waals surface area contributed by atoms with Gasteiger partial charge in [0.05, 0.1) is 11.4 Å². The summed E-state index contributed by atoms with van der Waals surface area (Å²) in [6.07, 6.45) is 0. The maximum atomic E-state index is 12.3. The normalized spacial score (nSPS) is 12.8. The van der Waals surface area contributed by atoms with E-state index in [0.29, 0.717) is 11.1 Å². The van der Waals surface area contributed by atoms with Gasteiger partial charge in [-0.3, -0.25) is 0 Å². The van der Waals surface area contributed by atoms with Gasteiger partial charge >= 0.3 is 0 Å². The number of sulfonamides is 2. The predicted molar refractivity (Wildman–Crippen MR) is 83.0 cm³/mol. The second-order valence-corrected chi connectivity index (χ2v) is 8.94. The van der Waals surface area contributed by atoms with Crippen molar-refractivity contribution in [2.24, 2.45) is 0 Å². The Balaban J connectivity index is 2.97. The molecular weight excluding hydrogens is 314 g/mol. The van der Waals surface area contributed by atoms with Gasteiger partial charge in [0, 0.05) is 20.6 Å². The van der Waals surface area contributed by atoms with E-state index in [4.69, 9.17) is 5.73 Å². The molecule has 1 aromatic carbocycles. The standard InChI is InChI=1S/C12H21N3O4S2/c1-9-5-6-10(2)12(11(9)13)21(18,19)14-7-8-20(16,17)15(3)4/h5-6,14H,7-8,13H2,1-4H3. The van der Waals surface area contributed by atoms with Crippen molar-refractivity contribution in [2.45, 2.75) is 18.7 Å². The SMILES string of the molecule is Cc1ccc(C)c(S(=O)(=O)NCCS(=O)(=O)N(C)C)c1N. The highest BCUT2D eigenvalue weighted by Crippen LogP contribution is 2.25. The lowest BCUT2D eigenvalue weighted by atomic mass is 10.1. The third-order valence-electron chi connectivity index (χ3n) is 3.09. The van der Waals surface area contributed by atoms with Gasteiger partial charge in [0.15, 0.2) is 0 Å². The van der Waals surface area contributed by atoms with Gasteiger partial charge in [0.1, 0.15) is 4.90 Å². The highest BCUT2D eigenvalue weighted by molar-refractivity contribution is 7.90. The quantitative estimate of drug-likeness (QED) is 0.714. The summed E-state index contributed by atoms with van der Waals surface area (Å²) >= 11 is 0. The molecule has 0 heterocycles. The van der Waals surface area contributed by atoms with Gasteiger partial charge in [-0.1, -0.05) is 12.1 Å². The number of aryl methyl sites for hydroxylation is 2. The molecule has 0 fully saturated rings. The van der Waals surface area contributed by atoms with Gasteiger partial charge < -0.3 is 5.73 Å². The summed E-state index contributed by atoms with van der Waals surface area (Å²) in [6, 6.07) is 3.40. The van der Waals surface area contributed by atoms with E-state index in [1.165, 1.54) is 14.1 Å². The monoisotopic (exact) mass is 335 g/mol. The number of benzene rings is 1. The van der Waals surface area contributed by atoms with E-state index < -0.39 is 20.0 Å². The Morgan fingerprint density at radius 1 is 1.10 bits per heavy atom. The fourth-order valence-corrected chi connectivity index (χ4v) is 4.04. The lowest BCUT2D eigenvalue weighted by Gasteiger charge is -2.15. The molecular formula is C12H21N3O4S2. The molecule has 0 aromatic heterocycles. The van der Waals surface area contributed by atoms with E-state index in [9.17, 15) is 16.8 Å². The van der Waals surface area contributed by atoms with Crippen molar-refractivity contribution in [2.75, 3.05) is 32.1 Å². The second kappa shape index (κ2) is 6.30. The molecule has 0 unspecified atom stereocenters. The number of anilines is 1. The number of nitrogens with two attached hydrogens (primary N) is 1. The van der Waals surface area contributed by atoms with E-state index in [1.54, 1.807) is 26.0 Å². The molecule has 0 atom stereocenters. The molecule has 0 saturated carbocycles. The minimum Gasteiger partial charge on any atom is -0.397 e. The number of nitrogens with zero attached hydrogens (tertiary/aromatic N) is 1. The molecule has 0 aliphatic heterocycles. The van der Waals surface area contributed by atoms with Crippen LogP contribution in [0.5, 0.6) is 0 Å². The van der Waals surface area contributed by atoms with Gasteiger partial charge in [0.25, 0.3) is 0 Å². The Labute approximate surface area is 126 Å². The largest absolute Gasteiger partial charge is 0.397 e. The van der Waals surface area contributed by atoms with Gasteiger partial charge in [-0.2, -0.15) is 0 Å². The Morgan fingerprint density at radius 3 is 2.14 bits per heavy atom. The third kappa shape index (κ3) is 4.16. The minimum absolute atomic E-state index is 0.00440. The Bertz CT molecular complexity index is 725. The molecule has 1 rings (SSSR count). The van der Waals surface area contributed by atoms with Crippen molar-refractivity contribution in [1.29, 1.82) is 0 Å². The van der Waals surface area contributed by atoms with Crippen LogP contribution < -0.4 is 10.5 Å². The number of rotatable bonds is 6. The topological polar surface area (TPSA) is 110 Å². The van der Waals surface area contributed by atoms with Crippen molar-refractivity contribution in [3.63, 3.8) is 0 Å². The van der Waals surface area contributed by atoms with Crippen LogP contribution in [-0.2, 0) is 20.0 Å². The van der Waals surface area contributed by atoms with Crippen molar-refractivity contribution < 1.29 is 16.8 Å². The van der Waals surface area contributed by atoms with Crippen molar-refractivity contribution in [1.82, 2.24) is 9.03 Å². The smallest absolute Gasteiger partial charge is 0.242 e. The molecule has 0 saturated heterocycles. The molecule has 0 amide bonds. The van der Waals surface area contributed by atoms with Crippen LogP contribution in [0.25, 0.3) is 0 Å². The number of hydrogen-bond donors (Lipinski definition) is 2. The molecule has 21 heavy (non-hydrogen) atoms. The van der Waals surface area contributed by atoms with E-state index in [1.807, 2.05) is 0 Å². The van der Waals surface area contributed by atoms with Crippen LogP contribution in [-0.4, -0.2) is 47.5 Å². The highest BCUT2D eigenvalue weighted by Gasteiger charge is 2.22. The second-order valence-electron chi connectivity index (χ2n) is 4.94. The van der Waals surface area contributed by atoms with Crippen molar-refractivity contribution in [3.8, 4) is 0 Å². The molecule has 0 aliphatic rings. The average Bonchev–Trinajstić information content (AvgIpc) is 2.33. The minimum atomic E-state index is -3.85. The maximum absolute atomic E-state index is 12.3. The van der Waals surface area contributed by atoms with Crippen LogP contribution in [0.2, 0.25) is 0 Å². The van der Waals surface area contributed by atoms with Crippen LogP contribution in [0.3, 0.4) is 0 Å². The van der Waals surface area contributed by atoms with Crippen LogP contribution in [0, 0.1) is 13.8 Å². The zero-order valence-electron chi connectivity index (χ0n) is 12.5. The van der Waals surface area contributed by atoms with Crippen LogP contribution in [0.15, 0.2) is 17.0 Å². The Morgan fingerprint density at radius 2 is 1.62 bits per heavy atom. The summed E-state index contributed by atoms with van der Waals surface area (Å²) < 4.78 is 51.1. The van der Waals surface area contributed by atoms with E-state index in [-0.39, 0.29) is 22.9 Å². The van der Waals surface area contributed by atoms with Crippen LogP contribution in [0.4, 0.5) is 5.69 Å². The molecule has 0 spiro atoms. The first-order valence-corrected chi connectivity index (χ1v) is 9.34. The van der Waals surface area contributed by atoms with Crippen molar-refractivity contribution >= 4 is 25.7 Å². The number of nitrogen functional groups attached to an aromatic ring is 1. The lowest BCUT2D eigenvalue weighted by Crippen LogP contribution is -2.34. The zero-order chi connectivity index (χ0) is 16.4. The molecule has 1 aromatic rings. The summed E-state index contributed by atoms with van der Waals surface area (Å²) in [5, 5.41) is 0. The van der Waals surface area contributed by atoms with Gasteiger partial charge in [-0.25, -0.2) is 25.9 Å². The van der Waals surface area contributed by atoms with Gasteiger partial charge in [-0.05, 0) is 25.0 Å². The van der Waals surface area contributed by atoms with E-state index in [0.717, 1.165) is 4.31 Å². The van der Waals surface area contributed by atoms with Gasteiger partial charge in [0.2, 0.25) is 20.0 Å². The van der Waals surface area contributed by atoms with Gasteiger partial charge in [-0.15, -0.1) is 0 Å². The highest BCUT2D eigenvalue weighted by atomic mass is 32.2. The Kier molecular flexibility index (Phi) is 5.37. The molecule has 9 heteroatoms. The maximum Gasteiger partial charge on any atom is 0.242 e. The molecule has 7 nitrogen and oxygen atoms in total. The molecule has 0 bridgehead atoms. The Hall–Kier alpha value is -1.16.